The molecule has 0 saturated heterocycles. The molecule has 2 aromatic heterocycles. The number of halogens is 3. The summed E-state index contributed by atoms with van der Waals surface area (Å²) in [5.74, 6) is -2.61. The number of hydrogen-bond donors (Lipinski definition) is 1. The van der Waals surface area contributed by atoms with Crippen molar-refractivity contribution in [3.63, 3.8) is 0 Å². The molecule has 0 saturated carbocycles. The van der Waals surface area contributed by atoms with E-state index in [2.05, 4.69) is 19.6 Å². The average molecular weight is 311 g/mol. The normalized spacial score (nSPS) is 12.0. The smallest absolute Gasteiger partial charge is 0.361 e. The van der Waals surface area contributed by atoms with E-state index in [0.29, 0.717) is 0 Å². The topological polar surface area (TPSA) is 99.8 Å². The molecule has 0 bridgehead atoms. The fourth-order valence-electron chi connectivity index (χ4n) is 2.01. The van der Waals surface area contributed by atoms with E-state index in [9.17, 15) is 18.0 Å². The summed E-state index contributed by atoms with van der Waals surface area (Å²) >= 11 is 0. The molecule has 0 radical (unpaired) electrons. The maximum absolute atomic E-state index is 13.1. The second-order valence-corrected chi connectivity index (χ2v) is 4.39. The van der Waals surface area contributed by atoms with Crippen LogP contribution in [0.1, 0.15) is 22.3 Å². The minimum atomic E-state index is -4.64. The molecule has 22 heavy (non-hydrogen) atoms. The van der Waals surface area contributed by atoms with Crippen molar-refractivity contribution in [1.29, 1.82) is 0 Å². The number of nitrogens with two attached hydrogens (primary N) is 1. The van der Waals surface area contributed by atoms with Crippen LogP contribution in [0.25, 0.3) is 11.0 Å². The van der Waals surface area contributed by atoms with E-state index in [1.54, 1.807) is 12.1 Å². The molecule has 10 heteroatoms. The van der Waals surface area contributed by atoms with Crippen LogP contribution in [0, 0.1) is 0 Å². The Kier molecular flexibility index (Phi) is 3.08. The predicted octanol–water partition coefficient (Wildman–Crippen LogP) is 1.59. The fraction of sp³-hybridized carbons (Fsp3) is 0.167. The van der Waals surface area contributed by atoms with Gasteiger partial charge in [-0.15, -0.1) is 0 Å². The van der Waals surface area contributed by atoms with Crippen molar-refractivity contribution in [3.05, 3.63) is 41.8 Å². The number of nitrogens with zero attached hydrogens (tertiary/aromatic N) is 4. The van der Waals surface area contributed by atoms with Crippen LogP contribution in [-0.4, -0.2) is 25.6 Å². The van der Waals surface area contributed by atoms with Gasteiger partial charge in [0.2, 0.25) is 5.82 Å². The third-order valence-corrected chi connectivity index (χ3v) is 2.89. The lowest BCUT2D eigenvalue weighted by Gasteiger charge is -2.09. The molecule has 3 rings (SSSR count). The second kappa shape index (κ2) is 4.83. The van der Waals surface area contributed by atoms with Crippen molar-refractivity contribution in [2.75, 3.05) is 0 Å². The molecule has 0 atom stereocenters. The Bertz CT molecular complexity index is 852. The third-order valence-electron chi connectivity index (χ3n) is 2.89. The molecule has 0 aliphatic heterocycles. The molecule has 0 spiro atoms. The van der Waals surface area contributed by atoms with Crippen LogP contribution in [0.3, 0.4) is 0 Å². The SMILES string of the molecule is NC(=O)c1nc(Cn2c(C(F)(F)F)nc3ccccc32)no1. The zero-order valence-electron chi connectivity index (χ0n) is 10.8. The summed E-state index contributed by atoms with van der Waals surface area (Å²) in [7, 11) is 0. The molecule has 7 nitrogen and oxygen atoms in total. The van der Waals surface area contributed by atoms with Crippen LogP contribution in [0.4, 0.5) is 13.2 Å². The van der Waals surface area contributed by atoms with Crippen molar-refractivity contribution < 1.29 is 22.5 Å². The minimum Gasteiger partial charge on any atom is -0.361 e. The van der Waals surface area contributed by atoms with Crippen LogP contribution >= 0.6 is 0 Å². The van der Waals surface area contributed by atoms with Crippen LogP contribution in [0.15, 0.2) is 28.8 Å². The third kappa shape index (κ3) is 2.38. The molecule has 2 N–H and O–H groups in total. The zero-order valence-corrected chi connectivity index (χ0v) is 10.8. The van der Waals surface area contributed by atoms with Crippen LogP contribution in [0.2, 0.25) is 0 Å². The predicted molar refractivity (Wildman–Crippen MR) is 66.7 cm³/mol. The summed E-state index contributed by atoms with van der Waals surface area (Å²) in [6.07, 6.45) is -4.64. The van der Waals surface area contributed by atoms with Gasteiger partial charge < -0.3 is 14.8 Å². The van der Waals surface area contributed by atoms with Crippen LogP contribution < -0.4 is 5.73 Å². The van der Waals surface area contributed by atoms with E-state index in [1.165, 1.54) is 12.1 Å². The van der Waals surface area contributed by atoms with Gasteiger partial charge in [-0.25, -0.2) is 4.98 Å². The lowest BCUT2D eigenvalue weighted by atomic mass is 10.3. The molecule has 2 heterocycles. The van der Waals surface area contributed by atoms with E-state index in [0.717, 1.165) is 4.57 Å². The van der Waals surface area contributed by atoms with E-state index >= 15 is 0 Å². The summed E-state index contributed by atoms with van der Waals surface area (Å²) in [5.41, 5.74) is 5.41. The van der Waals surface area contributed by atoms with Gasteiger partial charge in [0.05, 0.1) is 17.6 Å². The zero-order chi connectivity index (χ0) is 15.9. The summed E-state index contributed by atoms with van der Waals surface area (Å²) in [6, 6.07) is 6.13. The highest BCUT2D eigenvalue weighted by Crippen LogP contribution is 2.31. The van der Waals surface area contributed by atoms with Gasteiger partial charge in [-0.1, -0.05) is 17.3 Å². The Balaban J connectivity index is 2.09. The van der Waals surface area contributed by atoms with Gasteiger partial charge in [0.15, 0.2) is 5.82 Å². The number of carbonyl (C=O) groups excluding carboxylic acids is 1. The van der Waals surface area contributed by atoms with Gasteiger partial charge in [-0.3, -0.25) is 4.79 Å². The average Bonchev–Trinajstić information content (AvgIpc) is 3.04. The molecule has 0 aliphatic rings. The number of benzene rings is 1. The lowest BCUT2D eigenvalue weighted by Crippen LogP contribution is -2.16. The first kappa shape index (κ1) is 14.0. The van der Waals surface area contributed by atoms with E-state index in [1.807, 2.05) is 0 Å². The van der Waals surface area contributed by atoms with E-state index in [4.69, 9.17) is 5.73 Å². The van der Waals surface area contributed by atoms with Crippen molar-refractivity contribution >= 4 is 16.9 Å². The molecular weight excluding hydrogens is 303 g/mol. The Hall–Kier alpha value is -2.91. The largest absolute Gasteiger partial charge is 0.449 e. The lowest BCUT2D eigenvalue weighted by molar-refractivity contribution is -0.146. The highest BCUT2D eigenvalue weighted by atomic mass is 19.4. The minimum absolute atomic E-state index is 0.109. The van der Waals surface area contributed by atoms with Crippen molar-refractivity contribution in [1.82, 2.24) is 19.7 Å². The van der Waals surface area contributed by atoms with Gasteiger partial charge in [0, 0.05) is 0 Å². The quantitative estimate of drug-likeness (QED) is 0.791. The maximum Gasteiger partial charge on any atom is 0.449 e. The number of primary amides is 1. The van der Waals surface area contributed by atoms with Crippen molar-refractivity contribution in [3.8, 4) is 0 Å². The number of aromatic nitrogens is 4. The molecular formula is C12H8F3N5O2. The number of alkyl halides is 3. The van der Waals surface area contributed by atoms with E-state index < -0.39 is 23.8 Å². The molecule has 0 unspecified atom stereocenters. The summed E-state index contributed by atoms with van der Waals surface area (Å²) < 4.78 is 44.8. The molecule has 1 amide bonds. The Labute approximate surface area is 120 Å². The highest BCUT2D eigenvalue weighted by molar-refractivity contribution is 5.87. The highest BCUT2D eigenvalue weighted by Gasteiger charge is 2.37. The Morgan fingerprint density at radius 3 is 2.64 bits per heavy atom. The van der Waals surface area contributed by atoms with Gasteiger partial charge in [0.25, 0.3) is 0 Å². The molecule has 0 fully saturated rings. The summed E-state index contributed by atoms with van der Waals surface area (Å²) in [5, 5.41) is 3.44. The van der Waals surface area contributed by atoms with Crippen molar-refractivity contribution in [2.45, 2.75) is 12.7 Å². The van der Waals surface area contributed by atoms with Crippen LogP contribution in [-0.2, 0) is 12.7 Å². The second-order valence-electron chi connectivity index (χ2n) is 4.39. The van der Waals surface area contributed by atoms with Crippen molar-refractivity contribution in [2.24, 2.45) is 5.73 Å². The van der Waals surface area contributed by atoms with Gasteiger partial charge in [-0.05, 0) is 12.1 Å². The first-order chi connectivity index (χ1) is 10.4. The molecule has 1 aromatic carbocycles. The molecule has 3 aromatic rings. The molecule has 0 aliphatic carbocycles. The number of carbonyl (C=O) groups is 1. The monoisotopic (exact) mass is 311 g/mol. The van der Waals surface area contributed by atoms with E-state index in [-0.39, 0.29) is 23.4 Å². The number of hydrogen-bond acceptors (Lipinski definition) is 5. The number of imidazole rings is 1. The summed E-state index contributed by atoms with van der Waals surface area (Å²) in [4.78, 5) is 18.1. The number of fused-ring (bicyclic) bond motifs is 1. The molecule has 114 valence electrons. The Morgan fingerprint density at radius 1 is 1.27 bits per heavy atom. The summed E-state index contributed by atoms with van der Waals surface area (Å²) in [6.45, 7) is -0.355. The van der Waals surface area contributed by atoms with Gasteiger partial charge in [-0.2, -0.15) is 18.2 Å². The maximum atomic E-state index is 13.1. The fourth-order valence-corrected chi connectivity index (χ4v) is 2.01. The number of para-hydroxylation sites is 2. The van der Waals surface area contributed by atoms with Gasteiger partial charge >= 0.3 is 18.0 Å². The standard InChI is InChI=1S/C12H8F3N5O2/c13-12(14,15)11-17-6-3-1-2-4-7(6)20(11)5-8-18-10(9(16)21)22-19-8/h1-4H,5H2,(H2,16,21). The number of rotatable bonds is 3. The van der Waals surface area contributed by atoms with Crippen LogP contribution in [0.5, 0.6) is 0 Å². The van der Waals surface area contributed by atoms with Gasteiger partial charge in [0.1, 0.15) is 0 Å². The number of amides is 1. The first-order valence-corrected chi connectivity index (χ1v) is 6.01. The first-order valence-electron chi connectivity index (χ1n) is 6.01. The Morgan fingerprint density at radius 2 is 2.00 bits per heavy atom.